The van der Waals surface area contributed by atoms with Gasteiger partial charge in [0.05, 0.1) is 12.0 Å². The Morgan fingerprint density at radius 2 is 1.96 bits per heavy atom. The first kappa shape index (κ1) is 15.9. The number of hydrogen-bond acceptors (Lipinski definition) is 3. The fourth-order valence-electron chi connectivity index (χ4n) is 3.86. The lowest BCUT2D eigenvalue weighted by atomic mass is 10.0. The molecule has 0 saturated carbocycles. The van der Waals surface area contributed by atoms with E-state index < -0.39 is 0 Å². The molecule has 25 heavy (non-hydrogen) atoms. The van der Waals surface area contributed by atoms with Crippen LogP contribution in [-0.4, -0.2) is 46.1 Å². The molecule has 1 aromatic heterocycles. The van der Waals surface area contributed by atoms with E-state index in [9.17, 15) is 9.59 Å². The van der Waals surface area contributed by atoms with E-state index in [0.29, 0.717) is 19.5 Å². The van der Waals surface area contributed by atoms with Crippen molar-refractivity contribution in [3.63, 3.8) is 0 Å². The van der Waals surface area contributed by atoms with E-state index in [4.69, 9.17) is 0 Å². The summed E-state index contributed by atoms with van der Waals surface area (Å²) in [6, 6.07) is 11.7. The highest BCUT2D eigenvalue weighted by Crippen LogP contribution is 2.28. The van der Waals surface area contributed by atoms with Crippen LogP contribution in [0.5, 0.6) is 0 Å². The number of carbonyl (C=O) groups is 2. The highest BCUT2D eigenvalue weighted by molar-refractivity contribution is 6.00. The van der Waals surface area contributed by atoms with Crippen LogP contribution in [0, 0.1) is 5.92 Å². The van der Waals surface area contributed by atoms with Crippen molar-refractivity contribution >= 4 is 17.5 Å². The monoisotopic (exact) mass is 338 g/mol. The minimum Gasteiger partial charge on any atom is -0.340 e. The number of para-hydroxylation sites is 1. The Hall–Kier alpha value is -2.63. The minimum absolute atomic E-state index is 0.0326. The lowest BCUT2D eigenvalue weighted by Crippen LogP contribution is -2.44. The van der Waals surface area contributed by atoms with Gasteiger partial charge in [0.25, 0.3) is 0 Å². The molecule has 2 aliphatic rings. The van der Waals surface area contributed by atoms with Gasteiger partial charge in [-0.2, -0.15) is 5.10 Å². The average Bonchev–Trinajstić information content (AvgIpc) is 3.32. The third-order valence-corrected chi connectivity index (χ3v) is 5.15. The normalized spacial score (nSPS) is 23.9. The Morgan fingerprint density at radius 3 is 2.72 bits per heavy atom. The SMILES string of the molecule is O=C([C@@H]1CC(=O)N(c2ccccc2)C1)N1CCC[C@@H](n2cccn2)C1. The molecule has 2 fully saturated rings. The Balaban J connectivity index is 1.43. The number of piperidine rings is 1. The van der Waals surface area contributed by atoms with Crippen LogP contribution in [0.4, 0.5) is 5.69 Å². The number of hydrogen-bond donors (Lipinski definition) is 0. The summed E-state index contributed by atoms with van der Waals surface area (Å²) in [6.07, 6.45) is 6.03. The van der Waals surface area contributed by atoms with Crippen molar-refractivity contribution in [3.8, 4) is 0 Å². The standard InChI is InChI=1S/C19H22N4O2/c24-18-12-15(13-22(18)16-6-2-1-3-7-16)19(25)21-10-4-8-17(14-21)23-11-5-9-20-23/h1-3,5-7,9,11,15,17H,4,8,10,12-14H2/t15-,17-/m1/s1. The molecule has 0 aliphatic carbocycles. The summed E-state index contributed by atoms with van der Waals surface area (Å²) in [4.78, 5) is 29.0. The maximum atomic E-state index is 13.0. The highest BCUT2D eigenvalue weighted by atomic mass is 16.2. The molecule has 130 valence electrons. The fourth-order valence-corrected chi connectivity index (χ4v) is 3.86. The van der Waals surface area contributed by atoms with E-state index >= 15 is 0 Å². The van der Waals surface area contributed by atoms with Gasteiger partial charge in [0.15, 0.2) is 0 Å². The number of benzene rings is 1. The van der Waals surface area contributed by atoms with Crippen LogP contribution in [0.15, 0.2) is 48.8 Å². The van der Waals surface area contributed by atoms with Gasteiger partial charge in [-0.05, 0) is 31.0 Å². The minimum atomic E-state index is -0.246. The molecule has 2 aliphatic heterocycles. The van der Waals surface area contributed by atoms with Crippen LogP contribution >= 0.6 is 0 Å². The Morgan fingerprint density at radius 1 is 1.12 bits per heavy atom. The molecule has 6 heteroatoms. The van der Waals surface area contributed by atoms with Crippen LogP contribution in [0.1, 0.15) is 25.3 Å². The van der Waals surface area contributed by atoms with Gasteiger partial charge in [-0.25, -0.2) is 0 Å². The molecule has 0 spiro atoms. The summed E-state index contributed by atoms with van der Waals surface area (Å²) >= 11 is 0. The van der Waals surface area contributed by atoms with E-state index in [1.807, 2.05) is 52.2 Å². The van der Waals surface area contributed by atoms with Crippen LogP contribution in [0.25, 0.3) is 0 Å². The first-order valence-corrected chi connectivity index (χ1v) is 8.85. The van der Waals surface area contributed by atoms with Crippen LogP contribution in [-0.2, 0) is 9.59 Å². The molecule has 4 rings (SSSR count). The fraction of sp³-hybridized carbons (Fsp3) is 0.421. The summed E-state index contributed by atoms with van der Waals surface area (Å²) < 4.78 is 1.94. The third-order valence-electron chi connectivity index (χ3n) is 5.15. The molecule has 1 aromatic carbocycles. The van der Waals surface area contributed by atoms with E-state index in [1.54, 1.807) is 11.1 Å². The molecule has 2 atom stereocenters. The summed E-state index contributed by atoms with van der Waals surface area (Å²) in [5, 5.41) is 4.31. The van der Waals surface area contributed by atoms with E-state index in [2.05, 4.69) is 5.10 Å². The van der Waals surface area contributed by atoms with Crippen molar-refractivity contribution in [1.29, 1.82) is 0 Å². The van der Waals surface area contributed by atoms with Crippen molar-refractivity contribution in [2.24, 2.45) is 5.92 Å². The first-order valence-electron chi connectivity index (χ1n) is 8.85. The Bertz CT molecular complexity index is 744. The first-order chi connectivity index (χ1) is 12.2. The summed E-state index contributed by atoms with van der Waals surface area (Å²) in [7, 11) is 0. The second-order valence-corrected chi connectivity index (χ2v) is 6.81. The van der Waals surface area contributed by atoms with Gasteiger partial charge < -0.3 is 9.80 Å². The molecule has 2 aromatic rings. The lowest BCUT2D eigenvalue weighted by Gasteiger charge is -2.34. The smallest absolute Gasteiger partial charge is 0.228 e. The zero-order valence-electron chi connectivity index (χ0n) is 14.1. The maximum absolute atomic E-state index is 13.0. The molecule has 0 N–H and O–H groups in total. The lowest BCUT2D eigenvalue weighted by molar-refractivity contribution is -0.137. The largest absolute Gasteiger partial charge is 0.340 e. The number of anilines is 1. The van der Waals surface area contributed by atoms with Crippen LogP contribution in [0.3, 0.4) is 0 Å². The van der Waals surface area contributed by atoms with Gasteiger partial charge >= 0.3 is 0 Å². The molecule has 0 unspecified atom stereocenters. The third kappa shape index (κ3) is 3.16. The van der Waals surface area contributed by atoms with Crippen molar-refractivity contribution in [3.05, 3.63) is 48.8 Å². The van der Waals surface area contributed by atoms with Crippen molar-refractivity contribution in [1.82, 2.24) is 14.7 Å². The zero-order valence-corrected chi connectivity index (χ0v) is 14.1. The topological polar surface area (TPSA) is 58.4 Å². The summed E-state index contributed by atoms with van der Waals surface area (Å²) in [5.74, 6) is -0.113. The van der Waals surface area contributed by atoms with Crippen LogP contribution < -0.4 is 4.90 Å². The molecule has 2 amide bonds. The van der Waals surface area contributed by atoms with Crippen LogP contribution in [0.2, 0.25) is 0 Å². The molecule has 3 heterocycles. The number of carbonyl (C=O) groups excluding carboxylic acids is 2. The predicted octanol–water partition coefficient (Wildman–Crippen LogP) is 2.10. The molecule has 2 saturated heterocycles. The number of amides is 2. The van der Waals surface area contributed by atoms with Crippen molar-refractivity contribution < 1.29 is 9.59 Å². The van der Waals surface area contributed by atoms with Crippen molar-refractivity contribution in [2.45, 2.75) is 25.3 Å². The van der Waals surface area contributed by atoms with Gasteiger partial charge in [-0.1, -0.05) is 18.2 Å². The van der Waals surface area contributed by atoms with Gasteiger partial charge in [0, 0.05) is 44.1 Å². The number of nitrogens with zero attached hydrogens (tertiary/aromatic N) is 4. The molecule has 6 nitrogen and oxygen atoms in total. The summed E-state index contributed by atoms with van der Waals surface area (Å²) in [5.41, 5.74) is 0.871. The van der Waals surface area contributed by atoms with Gasteiger partial charge in [0.2, 0.25) is 11.8 Å². The number of likely N-dealkylation sites (tertiary alicyclic amines) is 1. The molecule has 0 bridgehead atoms. The molecular formula is C19H22N4O2. The molecule has 0 radical (unpaired) electrons. The predicted molar refractivity (Wildman–Crippen MR) is 94.0 cm³/mol. The quantitative estimate of drug-likeness (QED) is 0.861. The second kappa shape index (κ2) is 6.70. The van der Waals surface area contributed by atoms with E-state index in [0.717, 1.165) is 25.1 Å². The Kier molecular flexibility index (Phi) is 4.26. The summed E-state index contributed by atoms with van der Waals surface area (Å²) in [6.45, 7) is 1.92. The number of aromatic nitrogens is 2. The number of rotatable bonds is 3. The second-order valence-electron chi connectivity index (χ2n) is 6.81. The van der Waals surface area contributed by atoms with Gasteiger partial charge in [-0.3, -0.25) is 14.3 Å². The highest BCUT2D eigenvalue weighted by Gasteiger charge is 2.38. The van der Waals surface area contributed by atoms with Crippen molar-refractivity contribution in [2.75, 3.05) is 24.5 Å². The maximum Gasteiger partial charge on any atom is 0.228 e. The van der Waals surface area contributed by atoms with Gasteiger partial charge in [0.1, 0.15) is 0 Å². The zero-order chi connectivity index (χ0) is 17.2. The van der Waals surface area contributed by atoms with E-state index in [1.165, 1.54) is 0 Å². The Labute approximate surface area is 147 Å². The average molecular weight is 338 g/mol. The molecular weight excluding hydrogens is 316 g/mol. The van der Waals surface area contributed by atoms with E-state index in [-0.39, 0.29) is 23.8 Å². The van der Waals surface area contributed by atoms with Gasteiger partial charge in [-0.15, -0.1) is 0 Å².